The second kappa shape index (κ2) is 15.3. The van der Waals surface area contributed by atoms with Gasteiger partial charge in [-0.25, -0.2) is 0 Å². The van der Waals surface area contributed by atoms with Gasteiger partial charge in [-0.1, -0.05) is 27.7 Å². The van der Waals surface area contributed by atoms with Gasteiger partial charge in [0.05, 0.1) is 12.2 Å². The number of aromatic nitrogens is 1. The predicted octanol–water partition coefficient (Wildman–Crippen LogP) is 1.66. The highest BCUT2D eigenvalue weighted by molar-refractivity contribution is 6.13. The summed E-state index contributed by atoms with van der Waals surface area (Å²) < 4.78 is 1.74. The van der Waals surface area contributed by atoms with Gasteiger partial charge in [0.2, 0.25) is 23.2 Å². The van der Waals surface area contributed by atoms with E-state index >= 15 is 0 Å². The zero-order valence-electron chi connectivity index (χ0n) is 25.6. The zero-order valence-corrected chi connectivity index (χ0v) is 25.6. The molecule has 1 aromatic rings. The molecule has 0 aliphatic carbocycles. The maximum absolute atomic E-state index is 13.0. The van der Waals surface area contributed by atoms with Gasteiger partial charge in [0, 0.05) is 69.4 Å². The van der Waals surface area contributed by atoms with Crippen molar-refractivity contribution in [1.82, 2.24) is 25.4 Å². The van der Waals surface area contributed by atoms with Crippen LogP contribution in [-0.2, 0) is 37.6 Å². The molecule has 0 spiro atoms. The molecular weight excluding hydrogens is 542 g/mol. The van der Waals surface area contributed by atoms with Crippen molar-refractivity contribution < 1.29 is 29.1 Å². The average Bonchev–Trinajstić information content (AvgIpc) is 3.29. The fraction of sp³-hybridized carbons (Fsp3) is 0.600. The Balaban J connectivity index is 1.86. The molecule has 42 heavy (non-hydrogen) atoms. The van der Waals surface area contributed by atoms with E-state index in [9.17, 15) is 33.9 Å². The molecule has 5 amide bonds. The Kier molecular flexibility index (Phi) is 12.5. The highest BCUT2D eigenvalue weighted by Gasteiger charge is 2.30. The van der Waals surface area contributed by atoms with Crippen LogP contribution in [0, 0.1) is 12.3 Å². The monoisotopic (exact) mass is 587 g/mol. The predicted molar refractivity (Wildman–Crippen MR) is 157 cm³/mol. The van der Waals surface area contributed by atoms with Crippen molar-refractivity contribution in [3.8, 4) is 5.75 Å². The van der Waals surface area contributed by atoms with Crippen LogP contribution >= 0.6 is 0 Å². The second-order valence-electron chi connectivity index (χ2n) is 10.9. The van der Waals surface area contributed by atoms with E-state index in [0.717, 1.165) is 29.2 Å². The molecule has 2 heterocycles. The average molecular weight is 588 g/mol. The number of nitrogens with one attached hydrogen (secondary N) is 3. The molecule has 0 saturated carbocycles. The van der Waals surface area contributed by atoms with Gasteiger partial charge in [0.25, 0.3) is 11.8 Å². The number of amides is 5. The molecule has 12 heteroatoms. The van der Waals surface area contributed by atoms with Crippen LogP contribution in [0.25, 0.3) is 0 Å². The number of hydrogen-bond acceptors (Lipinski definition) is 7. The zero-order chi connectivity index (χ0) is 31.6. The Bertz CT molecular complexity index is 1260. The molecule has 0 bridgehead atoms. The van der Waals surface area contributed by atoms with Crippen LogP contribution in [0.1, 0.15) is 89.1 Å². The van der Waals surface area contributed by atoms with Crippen molar-refractivity contribution >= 4 is 29.5 Å². The van der Waals surface area contributed by atoms with Gasteiger partial charge >= 0.3 is 0 Å². The minimum Gasteiger partial charge on any atom is -0.503 e. The molecule has 1 unspecified atom stereocenters. The summed E-state index contributed by atoms with van der Waals surface area (Å²) in [4.78, 5) is 74.4. The highest BCUT2D eigenvalue weighted by atomic mass is 16.3. The van der Waals surface area contributed by atoms with Crippen LogP contribution in [-0.4, -0.2) is 63.7 Å². The normalized spacial score (nSPS) is 13.8. The largest absolute Gasteiger partial charge is 0.503 e. The first-order valence-corrected chi connectivity index (χ1v) is 14.6. The van der Waals surface area contributed by atoms with E-state index in [1.165, 1.54) is 0 Å². The van der Waals surface area contributed by atoms with Crippen LogP contribution in [0.2, 0.25) is 0 Å². The van der Waals surface area contributed by atoms with Crippen molar-refractivity contribution in [2.45, 2.75) is 85.6 Å². The minimum atomic E-state index is -0.504. The van der Waals surface area contributed by atoms with E-state index < -0.39 is 22.7 Å². The molecule has 0 saturated heterocycles. The number of aromatic hydroxyl groups is 1. The van der Waals surface area contributed by atoms with E-state index in [4.69, 9.17) is 0 Å². The maximum Gasteiger partial charge on any atom is 0.253 e. The SMILES string of the molecule is CCC(C)c1c(C)n(C)c(CNC(=O)CC(CC)(CC)CNC(=O)CCNC(=O)CCN2C(=O)C=CC2=O)c(O)c1=O. The summed E-state index contributed by atoms with van der Waals surface area (Å²) in [7, 11) is 1.76. The maximum atomic E-state index is 13.0. The molecule has 4 N–H and O–H groups in total. The van der Waals surface area contributed by atoms with Crippen molar-refractivity contribution in [1.29, 1.82) is 0 Å². The summed E-state index contributed by atoms with van der Waals surface area (Å²) in [5.41, 5.74) is 0.749. The van der Waals surface area contributed by atoms with Crippen molar-refractivity contribution in [3.05, 3.63) is 39.3 Å². The topological polar surface area (TPSA) is 167 Å². The number of rotatable bonds is 16. The number of carbonyl (C=O) groups is 5. The Hall–Kier alpha value is -3.96. The molecule has 0 fully saturated rings. The number of nitrogens with zero attached hydrogens (tertiary/aromatic N) is 2. The van der Waals surface area contributed by atoms with Crippen molar-refractivity contribution in [3.63, 3.8) is 0 Å². The molecule has 2 rings (SSSR count). The lowest BCUT2D eigenvalue weighted by atomic mass is 9.78. The van der Waals surface area contributed by atoms with Crippen molar-refractivity contribution in [2.75, 3.05) is 19.6 Å². The molecule has 1 aliphatic heterocycles. The van der Waals surface area contributed by atoms with Crippen LogP contribution in [0.5, 0.6) is 5.75 Å². The molecule has 0 aromatic carbocycles. The summed E-state index contributed by atoms with van der Waals surface area (Å²) in [6, 6.07) is 0. The summed E-state index contributed by atoms with van der Waals surface area (Å²) >= 11 is 0. The Morgan fingerprint density at radius 2 is 1.52 bits per heavy atom. The van der Waals surface area contributed by atoms with Crippen LogP contribution in [0.3, 0.4) is 0 Å². The van der Waals surface area contributed by atoms with Gasteiger partial charge in [0.15, 0.2) is 5.75 Å². The number of pyridine rings is 1. The first-order valence-electron chi connectivity index (χ1n) is 14.6. The third kappa shape index (κ3) is 8.53. The van der Waals surface area contributed by atoms with E-state index in [-0.39, 0.29) is 74.8 Å². The molecule has 12 nitrogen and oxygen atoms in total. The van der Waals surface area contributed by atoms with Crippen LogP contribution in [0.4, 0.5) is 0 Å². The molecule has 1 aliphatic rings. The fourth-order valence-corrected chi connectivity index (χ4v) is 4.99. The lowest BCUT2D eigenvalue weighted by molar-refractivity contribution is -0.137. The smallest absolute Gasteiger partial charge is 0.253 e. The van der Waals surface area contributed by atoms with Gasteiger partial charge < -0.3 is 25.6 Å². The molecule has 1 atom stereocenters. The fourth-order valence-electron chi connectivity index (χ4n) is 4.99. The minimum absolute atomic E-state index is 0.00381. The molecular formula is C30H45N5O7. The van der Waals surface area contributed by atoms with Gasteiger partial charge in [0.1, 0.15) is 0 Å². The first kappa shape index (κ1) is 34.2. The number of carbonyl (C=O) groups excluding carboxylic acids is 5. The van der Waals surface area contributed by atoms with E-state index in [1.54, 1.807) is 11.6 Å². The van der Waals surface area contributed by atoms with Gasteiger partial charge in [-0.05, 0) is 37.5 Å². The first-order chi connectivity index (χ1) is 19.8. The van der Waals surface area contributed by atoms with E-state index in [2.05, 4.69) is 16.0 Å². The molecule has 0 radical (unpaired) electrons. The molecule has 232 valence electrons. The quantitative estimate of drug-likeness (QED) is 0.213. The van der Waals surface area contributed by atoms with Crippen LogP contribution in [0.15, 0.2) is 16.9 Å². The summed E-state index contributed by atoms with van der Waals surface area (Å²) in [6.45, 7) is 9.96. The Morgan fingerprint density at radius 1 is 0.929 bits per heavy atom. The van der Waals surface area contributed by atoms with Crippen LogP contribution < -0.4 is 21.4 Å². The summed E-state index contributed by atoms with van der Waals surface area (Å²) in [5, 5.41) is 18.9. The van der Waals surface area contributed by atoms with Crippen molar-refractivity contribution in [2.24, 2.45) is 12.5 Å². The molecule has 1 aromatic heterocycles. The lowest BCUT2D eigenvalue weighted by Crippen LogP contribution is -2.41. The third-order valence-electron chi connectivity index (χ3n) is 8.42. The Labute approximate surface area is 246 Å². The summed E-state index contributed by atoms with van der Waals surface area (Å²) in [6.07, 6.45) is 4.44. The second-order valence-corrected chi connectivity index (χ2v) is 10.9. The third-order valence-corrected chi connectivity index (χ3v) is 8.42. The van der Waals surface area contributed by atoms with Gasteiger partial charge in [-0.2, -0.15) is 0 Å². The highest BCUT2D eigenvalue weighted by Crippen LogP contribution is 2.30. The van der Waals surface area contributed by atoms with E-state index in [0.29, 0.717) is 24.1 Å². The lowest BCUT2D eigenvalue weighted by Gasteiger charge is -2.31. The Morgan fingerprint density at radius 3 is 2.10 bits per heavy atom. The van der Waals surface area contributed by atoms with Gasteiger partial charge in [-0.15, -0.1) is 0 Å². The van der Waals surface area contributed by atoms with E-state index in [1.807, 2.05) is 34.6 Å². The number of imide groups is 1. The van der Waals surface area contributed by atoms with Gasteiger partial charge in [-0.3, -0.25) is 33.7 Å². The number of hydrogen-bond donors (Lipinski definition) is 4. The summed E-state index contributed by atoms with van der Waals surface area (Å²) in [5.74, 6) is -2.19. The standard InChI is InChI=1S/C30H45N5O7/c1-7-19(4)27-20(5)34(6)21(28(41)29(27)42)17-32-24(38)16-30(8-2,9-3)18-33-22(36)12-14-31-23(37)13-15-35-25(39)10-11-26(35)40/h10-11,19,41H,7-9,12-18H2,1-6H3,(H,31,37)(H,32,38)(H,33,36).